The molecule has 1 atom stereocenters. The second kappa shape index (κ2) is 6.28. The Morgan fingerprint density at radius 1 is 1.29 bits per heavy atom. The number of benzene rings is 1. The second-order valence-corrected chi connectivity index (χ2v) is 4.60. The Hall–Kier alpha value is -0.720. The minimum Gasteiger partial charge on any atom is -0.329 e. The molecule has 0 bridgehead atoms. The van der Waals surface area contributed by atoms with Gasteiger partial charge < -0.3 is 11.1 Å². The Labute approximate surface area is 103 Å². The van der Waals surface area contributed by atoms with E-state index < -0.39 is 5.51 Å². The van der Waals surface area contributed by atoms with Gasteiger partial charge in [-0.2, -0.15) is 13.2 Å². The fourth-order valence-corrected chi connectivity index (χ4v) is 2.02. The highest BCUT2D eigenvalue weighted by Gasteiger charge is 2.29. The lowest BCUT2D eigenvalue weighted by molar-refractivity contribution is -0.0328. The predicted molar refractivity (Wildman–Crippen MR) is 63.8 cm³/mol. The molecule has 96 valence electrons. The standard InChI is InChI=1S/C11H15F3N2S/c1-2-16-10(7-15)8-3-5-9(6-4-8)17-11(12,13)14/h3-6,10,16H,2,7,15H2,1H3. The molecule has 6 heteroatoms. The van der Waals surface area contributed by atoms with Gasteiger partial charge in [0.25, 0.3) is 0 Å². The maximum atomic E-state index is 12.1. The van der Waals surface area contributed by atoms with Crippen LogP contribution in [0.5, 0.6) is 0 Å². The van der Waals surface area contributed by atoms with Gasteiger partial charge in [0.05, 0.1) is 0 Å². The molecule has 0 heterocycles. The molecule has 0 radical (unpaired) electrons. The van der Waals surface area contributed by atoms with Crippen LogP contribution in [0.2, 0.25) is 0 Å². The molecular formula is C11H15F3N2S. The van der Waals surface area contributed by atoms with Crippen molar-refractivity contribution in [3.63, 3.8) is 0 Å². The van der Waals surface area contributed by atoms with E-state index in [0.29, 0.717) is 6.54 Å². The number of thioether (sulfide) groups is 1. The molecule has 3 N–H and O–H groups in total. The zero-order valence-electron chi connectivity index (χ0n) is 9.42. The van der Waals surface area contributed by atoms with Crippen molar-refractivity contribution in [1.82, 2.24) is 5.32 Å². The van der Waals surface area contributed by atoms with Crippen molar-refractivity contribution < 1.29 is 13.2 Å². The molecule has 2 nitrogen and oxygen atoms in total. The average Bonchev–Trinajstić information content (AvgIpc) is 2.25. The van der Waals surface area contributed by atoms with Crippen molar-refractivity contribution in [2.24, 2.45) is 5.73 Å². The van der Waals surface area contributed by atoms with Crippen LogP contribution in [-0.4, -0.2) is 18.6 Å². The van der Waals surface area contributed by atoms with Crippen molar-refractivity contribution in [2.45, 2.75) is 23.4 Å². The van der Waals surface area contributed by atoms with Crippen LogP contribution in [0.1, 0.15) is 18.5 Å². The van der Waals surface area contributed by atoms with Gasteiger partial charge in [0.2, 0.25) is 0 Å². The Morgan fingerprint density at radius 3 is 2.29 bits per heavy atom. The first-order valence-electron chi connectivity index (χ1n) is 5.25. The van der Waals surface area contributed by atoms with Crippen molar-refractivity contribution >= 4 is 11.8 Å². The topological polar surface area (TPSA) is 38.0 Å². The van der Waals surface area contributed by atoms with Crippen molar-refractivity contribution in [3.05, 3.63) is 29.8 Å². The number of likely N-dealkylation sites (N-methyl/N-ethyl adjacent to an activating group) is 1. The van der Waals surface area contributed by atoms with Crippen molar-refractivity contribution in [2.75, 3.05) is 13.1 Å². The summed E-state index contributed by atoms with van der Waals surface area (Å²) in [5.74, 6) is 0. The number of hydrogen-bond donors (Lipinski definition) is 2. The third-order valence-electron chi connectivity index (χ3n) is 2.20. The smallest absolute Gasteiger partial charge is 0.329 e. The number of nitrogens with two attached hydrogens (primary N) is 1. The summed E-state index contributed by atoms with van der Waals surface area (Å²) >= 11 is -0.110. The third kappa shape index (κ3) is 4.97. The highest BCUT2D eigenvalue weighted by atomic mass is 32.2. The van der Waals surface area contributed by atoms with Crippen molar-refractivity contribution in [1.29, 1.82) is 0 Å². The molecule has 0 aliphatic carbocycles. The number of rotatable bonds is 5. The third-order valence-corrected chi connectivity index (χ3v) is 2.94. The number of alkyl halides is 3. The molecule has 0 aliphatic heterocycles. The molecule has 0 saturated heterocycles. The van der Waals surface area contributed by atoms with Crippen LogP contribution in [0.25, 0.3) is 0 Å². The first-order valence-corrected chi connectivity index (χ1v) is 6.07. The van der Waals surface area contributed by atoms with E-state index in [2.05, 4.69) is 5.32 Å². The number of halogens is 3. The van der Waals surface area contributed by atoms with Gasteiger partial charge >= 0.3 is 5.51 Å². The van der Waals surface area contributed by atoms with E-state index in [1.807, 2.05) is 6.92 Å². The van der Waals surface area contributed by atoms with Crippen LogP contribution >= 0.6 is 11.8 Å². The van der Waals surface area contributed by atoms with E-state index in [1.54, 1.807) is 12.1 Å². The molecule has 1 aromatic carbocycles. The maximum Gasteiger partial charge on any atom is 0.446 e. The highest BCUT2D eigenvalue weighted by molar-refractivity contribution is 8.00. The fraction of sp³-hybridized carbons (Fsp3) is 0.455. The SMILES string of the molecule is CCNC(CN)c1ccc(SC(F)(F)F)cc1. The zero-order valence-corrected chi connectivity index (χ0v) is 10.2. The minimum atomic E-state index is -4.24. The van der Waals surface area contributed by atoms with E-state index in [9.17, 15) is 13.2 Å². The van der Waals surface area contributed by atoms with Crippen molar-refractivity contribution in [3.8, 4) is 0 Å². The summed E-state index contributed by atoms with van der Waals surface area (Å²) in [5.41, 5.74) is 2.25. The summed E-state index contributed by atoms with van der Waals surface area (Å²) in [6.07, 6.45) is 0. The van der Waals surface area contributed by atoms with Crippen LogP contribution in [0.3, 0.4) is 0 Å². The van der Waals surface area contributed by atoms with Gasteiger partial charge in [0.1, 0.15) is 0 Å². The number of nitrogens with one attached hydrogen (secondary N) is 1. The first-order chi connectivity index (χ1) is 7.96. The second-order valence-electron chi connectivity index (χ2n) is 3.46. The molecule has 1 unspecified atom stereocenters. The molecule has 0 saturated carbocycles. The summed E-state index contributed by atoms with van der Waals surface area (Å²) < 4.78 is 36.4. The largest absolute Gasteiger partial charge is 0.446 e. The van der Waals surface area contributed by atoms with Gasteiger partial charge in [-0.1, -0.05) is 19.1 Å². The molecule has 0 spiro atoms. The van der Waals surface area contributed by atoms with Crippen LogP contribution in [-0.2, 0) is 0 Å². The average molecular weight is 264 g/mol. The van der Waals surface area contributed by atoms with E-state index >= 15 is 0 Å². The first kappa shape index (κ1) is 14.3. The van der Waals surface area contributed by atoms with E-state index in [4.69, 9.17) is 5.73 Å². The molecular weight excluding hydrogens is 249 g/mol. The van der Waals surface area contributed by atoms with Gasteiger partial charge in [-0.15, -0.1) is 0 Å². The summed E-state index contributed by atoms with van der Waals surface area (Å²) in [4.78, 5) is 0.188. The fourth-order valence-electron chi connectivity index (χ4n) is 1.49. The van der Waals surface area contributed by atoms with Crippen LogP contribution in [0.15, 0.2) is 29.2 Å². The molecule has 1 rings (SSSR count). The Bertz CT molecular complexity index is 338. The Balaban J connectivity index is 2.73. The van der Waals surface area contributed by atoms with E-state index in [0.717, 1.165) is 12.1 Å². The van der Waals surface area contributed by atoms with E-state index in [-0.39, 0.29) is 22.7 Å². The Morgan fingerprint density at radius 2 is 1.88 bits per heavy atom. The summed E-state index contributed by atoms with van der Waals surface area (Å²) in [6, 6.07) is 6.27. The zero-order chi connectivity index (χ0) is 12.9. The highest BCUT2D eigenvalue weighted by Crippen LogP contribution is 2.36. The van der Waals surface area contributed by atoms with E-state index in [1.165, 1.54) is 12.1 Å². The Kier molecular flexibility index (Phi) is 5.30. The molecule has 0 fully saturated rings. The molecule has 1 aromatic rings. The lowest BCUT2D eigenvalue weighted by Gasteiger charge is -2.16. The molecule has 0 aliphatic rings. The van der Waals surface area contributed by atoms with Crippen LogP contribution < -0.4 is 11.1 Å². The van der Waals surface area contributed by atoms with Gasteiger partial charge in [-0.3, -0.25) is 0 Å². The molecule has 0 aromatic heterocycles. The minimum absolute atomic E-state index is 0.00932. The summed E-state index contributed by atoms with van der Waals surface area (Å²) in [5, 5.41) is 3.16. The quantitative estimate of drug-likeness (QED) is 0.803. The summed E-state index contributed by atoms with van der Waals surface area (Å²) in [6.45, 7) is 3.14. The van der Waals surface area contributed by atoms with Gasteiger partial charge in [0, 0.05) is 17.5 Å². The van der Waals surface area contributed by atoms with Crippen LogP contribution in [0.4, 0.5) is 13.2 Å². The van der Waals surface area contributed by atoms with Gasteiger partial charge in [-0.05, 0) is 36.0 Å². The van der Waals surface area contributed by atoms with Gasteiger partial charge in [-0.25, -0.2) is 0 Å². The molecule has 0 amide bonds. The van der Waals surface area contributed by atoms with Gasteiger partial charge in [0.15, 0.2) is 0 Å². The maximum absolute atomic E-state index is 12.1. The summed E-state index contributed by atoms with van der Waals surface area (Å²) in [7, 11) is 0. The lowest BCUT2D eigenvalue weighted by Crippen LogP contribution is -2.27. The normalized spacial score (nSPS) is 13.7. The lowest BCUT2D eigenvalue weighted by atomic mass is 10.1. The molecule has 17 heavy (non-hydrogen) atoms. The number of hydrogen-bond acceptors (Lipinski definition) is 3. The van der Waals surface area contributed by atoms with Crippen LogP contribution in [0, 0.1) is 0 Å². The predicted octanol–water partition coefficient (Wildman–Crippen LogP) is 2.91. The monoisotopic (exact) mass is 264 g/mol.